The van der Waals surface area contributed by atoms with Gasteiger partial charge in [-0.2, -0.15) is 0 Å². The van der Waals surface area contributed by atoms with Crippen LogP contribution in [0.4, 0.5) is 5.69 Å². The number of carbonyl (C=O) groups excluding carboxylic acids is 1. The summed E-state index contributed by atoms with van der Waals surface area (Å²) in [4.78, 5) is 13.0. The van der Waals surface area contributed by atoms with Gasteiger partial charge in [0.25, 0.3) is 0 Å². The number of benzene rings is 1. The Bertz CT molecular complexity index is 591. The number of β-lactam (4-membered cyclic amide) rings is 1. The average Bonchev–Trinajstić information content (AvgIpc) is 2.82. The standard InChI is InChI=1S/C13H13N3O3/c1-9-12(15-19-14-9)8-18-11-4-2-10(3-5-11)16-7-6-13(16)17/h2-5H,6-8H2,1H3. The molecule has 2 heterocycles. The van der Waals surface area contributed by atoms with Crippen molar-refractivity contribution in [3.63, 3.8) is 0 Å². The minimum absolute atomic E-state index is 0.165. The largest absolute Gasteiger partial charge is 0.487 e. The topological polar surface area (TPSA) is 68.5 Å². The van der Waals surface area contributed by atoms with Crippen molar-refractivity contribution in [2.45, 2.75) is 20.0 Å². The minimum Gasteiger partial charge on any atom is -0.487 e. The first-order valence-electron chi connectivity index (χ1n) is 6.05. The molecule has 1 aromatic carbocycles. The highest BCUT2D eigenvalue weighted by Crippen LogP contribution is 2.24. The Morgan fingerprint density at radius 3 is 2.63 bits per heavy atom. The van der Waals surface area contributed by atoms with Crippen LogP contribution in [0.5, 0.6) is 5.75 Å². The van der Waals surface area contributed by atoms with E-state index in [4.69, 9.17) is 4.74 Å². The Morgan fingerprint density at radius 2 is 2.11 bits per heavy atom. The fourth-order valence-corrected chi connectivity index (χ4v) is 1.84. The van der Waals surface area contributed by atoms with Gasteiger partial charge in [0.05, 0.1) is 0 Å². The number of aryl methyl sites for hydroxylation is 1. The second-order valence-electron chi connectivity index (χ2n) is 4.37. The monoisotopic (exact) mass is 259 g/mol. The Balaban J connectivity index is 1.63. The van der Waals surface area contributed by atoms with Gasteiger partial charge >= 0.3 is 0 Å². The summed E-state index contributed by atoms with van der Waals surface area (Å²) in [6, 6.07) is 7.42. The molecule has 1 aromatic heterocycles. The Kier molecular flexibility index (Phi) is 2.91. The second kappa shape index (κ2) is 4.72. The highest BCUT2D eigenvalue weighted by Gasteiger charge is 2.24. The minimum atomic E-state index is 0.165. The summed E-state index contributed by atoms with van der Waals surface area (Å²) in [5.41, 5.74) is 2.31. The summed E-state index contributed by atoms with van der Waals surface area (Å²) < 4.78 is 10.2. The van der Waals surface area contributed by atoms with E-state index in [2.05, 4.69) is 14.9 Å². The van der Waals surface area contributed by atoms with E-state index in [1.54, 1.807) is 4.90 Å². The first kappa shape index (κ1) is 11.7. The van der Waals surface area contributed by atoms with Crippen molar-refractivity contribution >= 4 is 11.6 Å². The van der Waals surface area contributed by atoms with Gasteiger partial charge in [-0.05, 0) is 31.2 Å². The van der Waals surface area contributed by atoms with Crippen LogP contribution in [0, 0.1) is 6.92 Å². The molecule has 0 aliphatic carbocycles. The quantitative estimate of drug-likeness (QED) is 0.781. The Labute approximate surface area is 109 Å². The number of carbonyl (C=O) groups is 1. The lowest BCUT2D eigenvalue weighted by Crippen LogP contribution is -2.43. The molecule has 19 heavy (non-hydrogen) atoms. The number of hydrogen-bond donors (Lipinski definition) is 0. The third-order valence-corrected chi connectivity index (χ3v) is 3.12. The Hall–Kier alpha value is -2.37. The lowest BCUT2D eigenvalue weighted by atomic mass is 10.1. The molecule has 0 spiro atoms. The maximum Gasteiger partial charge on any atom is 0.228 e. The van der Waals surface area contributed by atoms with E-state index >= 15 is 0 Å². The molecule has 0 bridgehead atoms. The van der Waals surface area contributed by atoms with Crippen LogP contribution in [0.2, 0.25) is 0 Å². The van der Waals surface area contributed by atoms with Gasteiger partial charge in [-0.3, -0.25) is 4.79 Å². The molecule has 0 saturated carbocycles. The zero-order valence-electron chi connectivity index (χ0n) is 10.5. The molecule has 2 aromatic rings. The van der Waals surface area contributed by atoms with Gasteiger partial charge in [-0.25, -0.2) is 4.63 Å². The number of nitrogens with zero attached hydrogens (tertiary/aromatic N) is 3. The maximum atomic E-state index is 11.3. The van der Waals surface area contributed by atoms with Gasteiger partial charge in [0, 0.05) is 18.7 Å². The van der Waals surface area contributed by atoms with Crippen molar-refractivity contribution in [1.82, 2.24) is 10.3 Å². The van der Waals surface area contributed by atoms with Crippen LogP contribution in [0.15, 0.2) is 28.9 Å². The van der Waals surface area contributed by atoms with Crippen LogP contribution < -0.4 is 9.64 Å². The molecule has 0 radical (unpaired) electrons. The van der Waals surface area contributed by atoms with Gasteiger partial charge in [-0.15, -0.1) is 0 Å². The zero-order valence-corrected chi connectivity index (χ0v) is 10.5. The normalized spacial score (nSPS) is 14.4. The average molecular weight is 259 g/mol. The van der Waals surface area contributed by atoms with E-state index in [1.165, 1.54) is 0 Å². The molecule has 1 aliphatic heterocycles. The summed E-state index contributed by atoms with van der Waals surface area (Å²) in [5.74, 6) is 0.886. The van der Waals surface area contributed by atoms with Crippen LogP contribution in [-0.2, 0) is 11.4 Å². The SMILES string of the molecule is Cc1nonc1COc1ccc(N2CCC2=O)cc1. The maximum absolute atomic E-state index is 11.3. The van der Waals surface area contributed by atoms with E-state index in [0.717, 1.165) is 23.7 Å². The molecule has 0 atom stereocenters. The zero-order chi connectivity index (χ0) is 13.2. The van der Waals surface area contributed by atoms with Gasteiger partial charge in [0.2, 0.25) is 5.91 Å². The van der Waals surface area contributed by atoms with Crippen molar-refractivity contribution < 1.29 is 14.2 Å². The summed E-state index contributed by atoms with van der Waals surface area (Å²) in [5, 5.41) is 7.43. The van der Waals surface area contributed by atoms with Gasteiger partial charge in [0.15, 0.2) is 0 Å². The second-order valence-corrected chi connectivity index (χ2v) is 4.37. The van der Waals surface area contributed by atoms with Crippen LogP contribution >= 0.6 is 0 Å². The summed E-state index contributed by atoms with van der Waals surface area (Å²) in [6.45, 7) is 2.92. The number of ether oxygens (including phenoxy) is 1. The molecule has 6 nitrogen and oxygen atoms in total. The van der Waals surface area contributed by atoms with E-state index < -0.39 is 0 Å². The van der Waals surface area contributed by atoms with Crippen molar-refractivity contribution in [2.75, 3.05) is 11.4 Å². The fraction of sp³-hybridized carbons (Fsp3) is 0.308. The molecule has 1 fully saturated rings. The Morgan fingerprint density at radius 1 is 1.32 bits per heavy atom. The van der Waals surface area contributed by atoms with Crippen molar-refractivity contribution in [2.24, 2.45) is 0 Å². The van der Waals surface area contributed by atoms with Gasteiger partial charge in [0.1, 0.15) is 23.7 Å². The summed E-state index contributed by atoms with van der Waals surface area (Å²) in [6.07, 6.45) is 0.636. The smallest absolute Gasteiger partial charge is 0.228 e. The van der Waals surface area contributed by atoms with Crippen LogP contribution in [0.25, 0.3) is 0 Å². The molecule has 1 amide bonds. The number of aromatic nitrogens is 2. The summed E-state index contributed by atoms with van der Waals surface area (Å²) in [7, 11) is 0. The first-order chi connectivity index (χ1) is 9.24. The first-order valence-corrected chi connectivity index (χ1v) is 6.05. The van der Waals surface area contributed by atoms with Crippen LogP contribution in [0.3, 0.4) is 0 Å². The fourth-order valence-electron chi connectivity index (χ4n) is 1.84. The lowest BCUT2D eigenvalue weighted by Gasteiger charge is -2.30. The molecular weight excluding hydrogens is 246 g/mol. The molecule has 0 unspecified atom stereocenters. The van der Waals surface area contributed by atoms with Crippen LogP contribution in [-0.4, -0.2) is 22.8 Å². The van der Waals surface area contributed by atoms with Gasteiger partial charge < -0.3 is 9.64 Å². The predicted molar refractivity (Wildman–Crippen MR) is 66.8 cm³/mol. The number of anilines is 1. The lowest BCUT2D eigenvalue weighted by molar-refractivity contribution is -0.122. The third kappa shape index (κ3) is 2.29. The van der Waals surface area contributed by atoms with E-state index in [-0.39, 0.29) is 5.91 Å². The highest BCUT2D eigenvalue weighted by molar-refractivity contribution is 5.99. The van der Waals surface area contributed by atoms with E-state index in [0.29, 0.717) is 18.7 Å². The summed E-state index contributed by atoms with van der Waals surface area (Å²) >= 11 is 0. The molecule has 1 aliphatic rings. The molecule has 98 valence electrons. The predicted octanol–water partition coefficient (Wildman–Crippen LogP) is 1.69. The number of rotatable bonds is 4. The van der Waals surface area contributed by atoms with Crippen LogP contribution in [0.1, 0.15) is 17.8 Å². The van der Waals surface area contributed by atoms with Crippen molar-refractivity contribution in [1.29, 1.82) is 0 Å². The number of amides is 1. The van der Waals surface area contributed by atoms with Gasteiger partial charge in [-0.1, -0.05) is 10.3 Å². The molecule has 6 heteroatoms. The molecule has 3 rings (SSSR count). The molecular formula is C13H13N3O3. The van der Waals surface area contributed by atoms with Crippen molar-refractivity contribution in [3.8, 4) is 5.75 Å². The van der Waals surface area contributed by atoms with E-state index in [9.17, 15) is 4.79 Å². The van der Waals surface area contributed by atoms with Crippen molar-refractivity contribution in [3.05, 3.63) is 35.7 Å². The highest BCUT2D eigenvalue weighted by atomic mass is 16.6. The third-order valence-electron chi connectivity index (χ3n) is 3.12. The molecule has 0 N–H and O–H groups in total. The molecule has 1 saturated heterocycles. The number of hydrogen-bond acceptors (Lipinski definition) is 5. The van der Waals surface area contributed by atoms with E-state index in [1.807, 2.05) is 31.2 Å².